The molecule has 0 radical (unpaired) electrons. The van der Waals surface area contributed by atoms with Crippen molar-refractivity contribution >= 4 is 54.8 Å². The highest BCUT2D eigenvalue weighted by atomic mass is 16.4. The molecular weight excluding hydrogens is 504 g/mol. The predicted molar refractivity (Wildman–Crippen MR) is 166 cm³/mol. The molecule has 0 aliphatic carbocycles. The van der Waals surface area contributed by atoms with Crippen molar-refractivity contribution in [1.29, 1.82) is 0 Å². The maximum atomic E-state index is 6.45. The minimum atomic E-state index is 0.588. The van der Waals surface area contributed by atoms with Gasteiger partial charge in [0.1, 0.15) is 16.7 Å². The van der Waals surface area contributed by atoms with Gasteiger partial charge >= 0.3 is 0 Å². The largest absolute Gasteiger partial charge is 0.455 e. The molecule has 0 N–H and O–H groups in total. The van der Waals surface area contributed by atoms with Gasteiger partial charge < -0.3 is 13.4 Å². The Balaban J connectivity index is 1.23. The first-order chi connectivity index (χ1) is 20.3. The van der Waals surface area contributed by atoms with Gasteiger partial charge in [-0.25, -0.2) is 4.98 Å². The lowest BCUT2D eigenvalue weighted by atomic mass is 10.0. The van der Waals surface area contributed by atoms with E-state index in [-0.39, 0.29) is 0 Å². The molecule has 41 heavy (non-hydrogen) atoms. The summed E-state index contributed by atoms with van der Waals surface area (Å²) in [6.07, 6.45) is 0. The molecule has 9 aromatic rings. The molecule has 0 spiro atoms. The molecule has 0 unspecified atom stereocenters. The number of para-hydroxylation sites is 3. The molecule has 0 bridgehead atoms. The van der Waals surface area contributed by atoms with E-state index < -0.39 is 0 Å². The topological polar surface area (TPSA) is 44.1 Å². The van der Waals surface area contributed by atoms with E-state index in [4.69, 9.17) is 13.8 Å². The summed E-state index contributed by atoms with van der Waals surface area (Å²) in [5, 5.41) is 4.51. The lowest BCUT2D eigenvalue weighted by Crippen LogP contribution is -1.93. The highest BCUT2D eigenvalue weighted by molar-refractivity contribution is 6.20. The second-order valence-corrected chi connectivity index (χ2v) is 10.4. The zero-order chi connectivity index (χ0) is 26.9. The molecule has 0 saturated carbocycles. The molecule has 4 heteroatoms. The zero-order valence-electron chi connectivity index (χ0n) is 21.9. The van der Waals surface area contributed by atoms with E-state index in [1.807, 2.05) is 36.4 Å². The summed E-state index contributed by atoms with van der Waals surface area (Å²) in [5.41, 5.74) is 9.68. The number of aromatic nitrogens is 2. The molecule has 4 nitrogen and oxygen atoms in total. The molecule has 0 saturated heterocycles. The quantitative estimate of drug-likeness (QED) is 0.230. The normalized spacial score (nSPS) is 11.9. The van der Waals surface area contributed by atoms with Crippen LogP contribution in [0.2, 0.25) is 0 Å². The van der Waals surface area contributed by atoms with E-state index in [9.17, 15) is 0 Å². The Hall–Kier alpha value is -5.61. The first kappa shape index (κ1) is 22.2. The number of nitrogens with zero attached hydrogens (tertiary/aromatic N) is 2. The molecular formula is C37H22N2O2. The third-order valence-corrected chi connectivity index (χ3v) is 8.04. The van der Waals surface area contributed by atoms with Gasteiger partial charge in [-0.2, -0.15) is 0 Å². The van der Waals surface area contributed by atoms with E-state index in [2.05, 4.69) is 102 Å². The van der Waals surface area contributed by atoms with Gasteiger partial charge in [0.15, 0.2) is 5.58 Å². The van der Waals surface area contributed by atoms with Crippen LogP contribution in [0.15, 0.2) is 142 Å². The summed E-state index contributed by atoms with van der Waals surface area (Å²) in [6.45, 7) is 0. The first-order valence-electron chi connectivity index (χ1n) is 13.7. The van der Waals surface area contributed by atoms with E-state index in [1.54, 1.807) is 0 Å². The maximum Gasteiger partial charge on any atom is 0.227 e. The van der Waals surface area contributed by atoms with Crippen molar-refractivity contribution in [3.8, 4) is 28.3 Å². The average Bonchev–Trinajstić information content (AvgIpc) is 3.73. The molecule has 9 rings (SSSR count). The predicted octanol–water partition coefficient (Wildman–Crippen LogP) is 10.2. The van der Waals surface area contributed by atoms with Crippen LogP contribution in [0.25, 0.3) is 83.1 Å². The van der Waals surface area contributed by atoms with Crippen LogP contribution in [0.1, 0.15) is 0 Å². The summed E-state index contributed by atoms with van der Waals surface area (Å²) < 4.78 is 15.2. The van der Waals surface area contributed by atoms with Gasteiger partial charge in [-0.1, -0.05) is 84.9 Å². The standard InChI is InChI=1S/C37H22N2O2/c1-2-10-23(11-3-1)29-22-33-35(34-28-14-6-9-17-32(28)40-36(29)34)38-37(41-33)24-18-20-25(21-19-24)39-30-15-7-4-12-26(30)27-13-5-8-16-31(27)39/h1-22H. The highest BCUT2D eigenvalue weighted by Crippen LogP contribution is 2.42. The first-order valence-corrected chi connectivity index (χ1v) is 13.7. The Bertz CT molecular complexity index is 2350. The summed E-state index contributed by atoms with van der Waals surface area (Å²) >= 11 is 0. The molecule has 0 aliphatic rings. The van der Waals surface area contributed by atoms with E-state index in [0.717, 1.165) is 55.4 Å². The fourth-order valence-electron chi connectivity index (χ4n) is 6.19. The molecule has 0 atom stereocenters. The van der Waals surface area contributed by atoms with Crippen LogP contribution in [-0.4, -0.2) is 9.55 Å². The molecule has 0 amide bonds. The second-order valence-electron chi connectivity index (χ2n) is 10.4. The second kappa shape index (κ2) is 8.44. The van der Waals surface area contributed by atoms with Gasteiger partial charge in [0, 0.05) is 33.0 Å². The Morgan fingerprint density at radius 1 is 0.512 bits per heavy atom. The van der Waals surface area contributed by atoms with Crippen molar-refractivity contribution in [3.63, 3.8) is 0 Å². The third kappa shape index (κ3) is 3.25. The van der Waals surface area contributed by atoms with Gasteiger partial charge in [0.05, 0.1) is 16.4 Å². The highest BCUT2D eigenvalue weighted by Gasteiger charge is 2.21. The monoisotopic (exact) mass is 526 g/mol. The number of rotatable bonds is 3. The van der Waals surface area contributed by atoms with Gasteiger partial charge in [0.25, 0.3) is 0 Å². The smallest absolute Gasteiger partial charge is 0.227 e. The van der Waals surface area contributed by atoms with E-state index >= 15 is 0 Å². The number of fused-ring (bicyclic) bond motifs is 8. The van der Waals surface area contributed by atoms with E-state index in [1.165, 1.54) is 21.8 Å². The SMILES string of the molecule is c1ccc(-c2cc3oc(-c4ccc(-n5c6ccccc6c6ccccc65)cc4)nc3c3c2oc2ccccc23)cc1. The average molecular weight is 527 g/mol. The van der Waals surface area contributed by atoms with Crippen molar-refractivity contribution in [2.24, 2.45) is 0 Å². The minimum absolute atomic E-state index is 0.588. The number of hydrogen-bond donors (Lipinski definition) is 0. The number of benzene rings is 6. The van der Waals surface area contributed by atoms with Crippen LogP contribution in [0.5, 0.6) is 0 Å². The summed E-state index contributed by atoms with van der Waals surface area (Å²) in [6, 6.07) is 46.0. The number of oxazole rings is 1. The van der Waals surface area contributed by atoms with Crippen molar-refractivity contribution < 1.29 is 8.83 Å². The Kier molecular flexibility index (Phi) is 4.58. The fraction of sp³-hybridized carbons (Fsp3) is 0. The van der Waals surface area contributed by atoms with Crippen LogP contribution in [-0.2, 0) is 0 Å². The molecule has 0 fully saturated rings. The maximum absolute atomic E-state index is 6.45. The molecule has 3 aromatic heterocycles. The molecule has 192 valence electrons. The Morgan fingerprint density at radius 3 is 1.88 bits per heavy atom. The van der Waals surface area contributed by atoms with Crippen molar-refractivity contribution in [3.05, 3.63) is 133 Å². The van der Waals surface area contributed by atoms with Gasteiger partial charge in [-0.05, 0) is 54.1 Å². The van der Waals surface area contributed by atoms with E-state index in [0.29, 0.717) is 5.89 Å². The Labute approximate surface area is 234 Å². The van der Waals surface area contributed by atoms with Crippen LogP contribution < -0.4 is 0 Å². The van der Waals surface area contributed by atoms with Crippen molar-refractivity contribution in [1.82, 2.24) is 9.55 Å². The molecule has 6 aromatic carbocycles. The fourth-order valence-corrected chi connectivity index (χ4v) is 6.19. The number of furan rings is 1. The van der Waals surface area contributed by atoms with Gasteiger partial charge in [-0.3, -0.25) is 0 Å². The number of hydrogen-bond acceptors (Lipinski definition) is 3. The summed E-state index contributed by atoms with van der Waals surface area (Å²) in [5.74, 6) is 0.588. The third-order valence-electron chi connectivity index (χ3n) is 8.04. The zero-order valence-corrected chi connectivity index (χ0v) is 21.9. The van der Waals surface area contributed by atoms with Crippen molar-refractivity contribution in [2.45, 2.75) is 0 Å². The minimum Gasteiger partial charge on any atom is -0.455 e. The van der Waals surface area contributed by atoms with Crippen molar-refractivity contribution in [2.75, 3.05) is 0 Å². The summed E-state index contributed by atoms with van der Waals surface area (Å²) in [7, 11) is 0. The summed E-state index contributed by atoms with van der Waals surface area (Å²) in [4.78, 5) is 5.03. The van der Waals surface area contributed by atoms with Gasteiger partial charge in [-0.15, -0.1) is 0 Å². The molecule has 0 aliphatic heterocycles. The Morgan fingerprint density at radius 2 is 1.15 bits per heavy atom. The lowest BCUT2D eigenvalue weighted by molar-refractivity contribution is 0.619. The van der Waals surface area contributed by atoms with Gasteiger partial charge in [0.2, 0.25) is 5.89 Å². The lowest BCUT2D eigenvalue weighted by Gasteiger charge is -2.08. The van der Waals surface area contributed by atoms with Crippen LogP contribution >= 0.6 is 0 Å². The van der Waals surface area contributed by atoms with Crippen LogP contribution in [0.3, 0.4) is 0 Å². The van der Waals surface area contributed by atoms with Crippen LogP contribution in [0.4, 0.5) is 0 Å². The molecule has 3 heterocycles. The van der Waals surface area contributed by atoms with Crippen LogP contribution in [0, 0.1) is 0 Å².